The van der Waals surface area contributed by atoms with Crippen molar-refractivity contribution in [2.75, 3.05) is 6.61 Å². The molecule has 100 valence electrons. The quantitative estimate of drug-likeness (QED) is 0.597. The average molecular weight is 257 g/mol. The summed E-state index contributed by atoms with van der Waals surface area (Å²) in [5.41, 5.74) is 0.752. The van der Waals surface area contributed by atoms with Crippen LogP contribution in [0.5, 0.6) is 5.75 Å². The first-order valence-electron chi connectivity index (χ1n) is 7.15. The van der Waals surface area contributed by atoms with Crippen LogP contribution in [0.4, 0.5) is 0 Å². The minimum atomic E-state index is -0.347. The van der Waals surface area contributed by atoms with Crippen LogP contribution >= 0.6 is 0 Å². The van der Waals surface area contributed by atoms with Crippen LogP contribution in [0.2, 0.25) is 0 Å². The zero-order chi connectivity index (χ0) is 13.1. The second-order valence-corrected chi connectivity index (χ2v) is 5.72. The molecule has 3 rings (SSSR count). The molecule has 0 unspecified atom stereocenters. The number of nitrogens with zero attached hydrogens (tertiary/aromatic N) is 1. The summed E-state index contributed by atoms with van der Waals surface area (Å²) in [4.78, 5) is 14.8. The average Bonchev–Trinajstić information content (AvgIpc) is 3.15. The third-order valence-corrected chi connectivity index (χ3v) is 4.24. The number of carbonyl (C=O) groups excluding carboxylic acids is 1. The second kappa shape index (κ2) is 5.18. The van der Waals surface area contributed by atoms with Gasteiger partial charge >= 0.3 is 0 Å². The molecule has 0 saturated heterocycles. The Balaban J connectivity index is 1.81. The summed E-state index contributed by atoms with van der Waals surface area (Å²) in [6.45, 7) is 0.813. The molecule has 3 heteroatoms. The lowest BCUT2D eigenvalue weighted by Crippen LogP contribution is -2.18. The van der Waals surface area contributed by atoms with E-state index in [-0.39, 0.29) is 5.54 Å². The van der Waals surface area contributed by atoms with Gasteiger partial charge in [0.15, 0.2) is 0 Å². The Bertz CT molecular complexity index is 495. The molecule has 19 heavy (non-hydrogen) atoms. The van der Waals surface area contributed by atoms with Gasteiger partial charge in [0.05, 0.1) is 12.1 Å². The molecule has 2 aliphatic carbocycles. The summed E-state index contributed by atoms with van der Waals surface area (Å²) in [6, 6.07) is 8.09. The molecule has 2 fully saturated rings. The zero-order valence-corrected chi connectivity index (χ0v) is 11.1. The summed E-state index contributed by atoms with van der Waals surface area (Å²) < 4.78 is 5.81. The molecule has 0 radical (unpaired) electrons. The molecule has 0 atom stereocenters. The van der Waals surface area contributed by atoms with Gasteiger partial charge in [0, 0.05) is 0 Å². The van der Waals surface area contributed by atoms with Crippen LogP contribution in [0, 0.1) is 5.92 Å². The first kappa shape index (κ1) is 12.4. The number of ether oxygens (including phenoxy) is 1. The fourth-order valence-corrected chi connectivity index (χ4v) is 2.89. The molecule has 3 nitrogen and oxygen atoms in total. The second-order valence-electron chi connectivity index (χ2n) is 5.72. The van der Waals surface area contributed by atoms with Crippen LogP contribution in [-0.2, 0) is 10.3 Å². The maximum Gasteiger partial charge on any atom is 0.235 e. The van der Waals surface area contributed by atoms with Crippen molar-refractivity contribution in [2.45, 2.75) is 44.1 Å². The van der Waals surface area contributed by atoms with Crippen LogP contribution in [0.1, 0.15) is 44.1 Å². The Labute approximate surface area is 113 Å². The molecule has 0 aliphatic heterocycles. The minimum Gasteiger partial charge on any atom is -0.493 e. The standard InChI is InChI=1S/C16H19NO2/c18-12-17-16(8-1-2-9-16)14-4-3-5-15(10-14)19-11-13-6-7-13/h3-5,10,13H,1-2,6-9,11H2. The Hall–Kier alpha value is -1.60. The van der Waals surface area contributed by atoms with Gasteiger partial charge in [0.1, 0.15) is 5.75 Å². The number of rotatable bonds is 5. The summed E-state index contributed by atoms with van der Waals surface area (Å²) >= 11 is 0. The molecule has 2 saturated carbocycles. The Morgan fingerprint density at radius 1 is 1.32 bits per heavy atom. The van der Waals surface area contributed by atoms with E-state index in [0.29, 0.717) is 0 Å². The molecule has 0 bridgehead atoms. The smallest absolute Gasteiger partial charge is 0.235 e. The molecule has 0 amide bonds. The van der Waals surface area contributed by atoms with Gasteiger partial charge < -0.3 is 4.74 Å². The molecule has 1 aromatic rings. The van der Waals surface area contributed by atoms with Gasteiger partial charge in [-0.25, -0.2) is 4.79 Å². The van der Waals surface area contributed by atoms with E-state index in [1.54, 1.807) is 6.08 Å². The summed E-state index contributed by atoms with van der Waals surface area (Å²) in [6.07, 6.45) is 8.47. The molecular formula is C16H19NO2. The lowest BCUT2D eigenvalue weighted by Gasteiger charge is -2.23. The van der Waals surface area contributed by atoms with Crippen molar-refractivity contribution >= 4 is 6.08 Å². The SMILES string of the molecule is O=C=NC1(c2cccc(OCC3CC3)c2)CCCC1. The number of benzene rings is 1. The third-order valence-electron chi connectivity index (χ3n) is 4.24. The first-order valence-corrected chi connectivity index (χ1v) is 7.15. The molecule has 2 aliphatic rings. The highest BCUT2D eigenvalue weighted by atomic mass is 16.5. The van der Waals surface area contributed by atoms with E-state index in [1.165, 1.54) is 12.8 Å². The van der Waals surface area contributed by atoms with E-state index in [9.17, 15) is 4.79 Å². The van der Waals surface area contributed by atoms with Crippen molar-refractivity contribution in [2.24, 2.45) is 10.9 Å². The van der Waals surface area contributed by atoms with Gasteiger partial charge in [0.2, 0.25) is 6.08 Å². The van der Waals surface area contributed by atoms with Gasteiger partial charge in [-0.15, -0.1) is 0 Å². The van der Waals surface area contributed by atoms with Crippen molar-refractivity contribution in [3.8, 4) is 5.75 Å². The number of isocyanates is 1. The van der Waals surface area contributed by atoms with E-state index in [1.807, 2.05) is 12.1 Å². The third kappa shape index (κ3) is 2.71. The van der Waals surface area contributed by atoms with Crippen LogP contribution in [-0.4, -0.2) is 12.7 Å². The van der Waals surface area contributed by atoms with Gasteiger partial charge in [-0.1, -0.05) is 25.0 Å². The van der Waals surface area contributed by atoms with Gasteiger partial charge in [-0.3, -0.25) is 0 Å². The monoisotopic (exact) mass is 257 g/mol. The van der Waals surface area contributed by atoms with Crippen molar-refractivity contribution in [3.63, 3.8) is 0 Å². The normalized spacial score (nSPS) is 20.8. The van der Waals surface area contributed by atoms with Crippen LogP contribution < -0.4 is 4.74 Å². The predicted molar refractivity (Wildman–Crippen MR) is 72.9 cm³/mol. The van der Waals surface area contributed by atoms with E-state index in [4.69, 9.17) is 4.74 Å². The van der Waals surface area contributed by atoms with Gasteiger partial charge in [0.25, 0.3) is 0 Å². The fourth-order valence-electron chi connectivity index (χ4n) is 2.89. The van der Waals surface area contributed by atoms with Crippen molar-refractivity contribution in [3.05, 3.63) is 29.8 Å². The number of hydrogen-bond donors (Lipinski definition) is 0. The topological polar surface area (TPSA) is 38.7 Å². The van der Waals surface area contributed by atoms with E-state index < -0.39 is 0 Å². The Kier molecular flexibility index (Phi) is 3.39. The highest BCUT2D eigenvalue weighted by Gasteiger charge is 2.35. The molecule has 0 N–H and O–H groups in total. The van der Waals surface area contributed by atoms with Crippen LogP contribution in [0.15, 0.2) is 29.3 Å². The lowest BCUT2D eigenvalue weighted by molar-refractivity contribution is 0.298. The van der Waals surface area contributed by atoms with Crippen molar-refractivity contribution in [1.82, 2.24) is 0 Å². The van der Waals surface area contributed by atoms with E-state index in [2.05, 4.69) is 17.1 Å². The maximum absolute atomic E-state index is 10.7. The van der Waals surface area contributed by atoms with Crippen molar-refractivity contribution in [1.29, 1.82) is 0 Å². The highest BCUT2D eigenvalue weighted by molar-refractivity contribution is 5.41. The Morgan fingerprint density at radius 2 is 2.11 bits per heavy atom. The lowest BCUT2D eigenvalue weighted by atomic mass is 9.89. The minimum absolute atomic E-state index is 0.347. The zero-order valence-electron chi connectivity index (χ0n) is 11.1. The van der Waals surface area contributed by atoms with E-state index >= 15 is 0 Å². The van der Waals surface area contributed by atoms with Crippen LogP contribution in [0.25, 0.3) is 0 Å². The highest BCUT2D eigenvalue weighted by Crippen LogP contribution is 2.43. The molecule has 0 spiro atoms. The van der Waals surface area contributed by atoms with E-state index in [0.717, 1.165) is 49.5 Å². The maximum atomic E-state index is 10.7. The Morgan fingerprint density at radius 3 is 2.79 bits per heavy atom. The largest absolute Gasteiger partial charge is 0.493 e. The number of aliphatic imine (C=N–C) groups is 1. The number of hydrogen-bond acceptors (Lipinski definition) is 3. The molecular weight excluding hydrogens is 238 g/mol. The van der Waals surface area contributed by atoms with Gasteiger partial charge in [-0.05, 0) is 49.3 Å². The predicted octanol–water partition coefficient (Wildman–Crippen LogP) is 3.58. The summed E-state index contributed by atoms with van der Waals surface area (Å²) in [5.74, 6) is 1.65. The summed E-state index contributed by atoms with van der Waals surface area (Å²) in [5, 5.41) is 0. The molecule has 1 aromatic carbocycles. The molecule has 0 aromatic heterocycles. The fraction of sp³-hybridized carbons (Fsp3) is 0.562. The van der Waals surface area contributed by atoms with Gasteiger partial charge in [-0.2, -0.15) is 4.99 Å². The first-order chi connectivity index (χ1) is 9.32. The molecule has 0 heterocycles. The van der Waals surface area contributed by atoms with Crippen molar-refractivity contribution < 1.29 is 9.53 Å². The van der Waals surface area contributed by atoms with Crippen LogP contribution in [0.3, 0.4) is 0 Å². The summed E-state index contributed by atoms with van der Waals surface area (Å²) in [7, 11) is 0.